The number of hydrogen-bond acceptors (Lipinski definition) is 1. The molecule has 0 aliphatic heterocycles. The summed E-state index contributed by atoms with van der Waals surface area (Å²) >= 11 is 0. The monoisotopic (exact) mass is 312 g/mol. The van der Waals surface area contributed by atoms with Crippen LogP contribution in [0.2, 0.25) is 0 Å². The lowest BCUT2D eigenvalue weighted by atomic mass is 10.1. The predicted octanol–water partition coefficient (Wildman–Crippen LogP) is 4.16. The first-order chi connectivity index (χ1) is 10.8. The molecule has 1 heterocycles. The van der Waals surface area contributed by atoms with Gasteiger partial charge in [0.05, 0.1) is 0 Å². The summed E-state index contributed by atoms with van der Waals surface area (Å²) < 4.78 is 2.14. The zero-order valence-corrected chi connectivity index (χ0v) is 15.2. The zero-order chi connectivity index (χ0) is 17.1. The number of nitrogens with one attached hydrogen (secondary N) is 1. The molecule has 0 unspecified atom stereocenters. The quantitative estimate of drug-likeness (QED) is 0.884. The van der Waals surface area contributed by atoms with Crippen molar-refractivity contribution >= 4 is 5.91 Å². The van der Waals surface area contributed by atoms with Gasteiger partial charge < -0.3 is 9.88 Å². The first kappa shape index (κ1) is 17.3. The highest BCUT2D eigenvalue weighted by molar-refractivity contribution is 5.95. The van der Waals surface area contributed by atoms with Crippen molar-refractivity contribution in [3.8, 4) is 0 Å². The lowest BCUT2D eigenvalue weighted by Gasteiger charge is -2.14. The van der Waals surface area contributed by atoms with Crippen LogP contribution in [0.1, 0.15) is 52.3 Å². The average Bonchev–Trinajstić information content (AvgIpc) is 2.71. The highest BCUT2D eigenvalue weighted by Gasteiger charge is 2.20. The molecular weight excluding hydrogens is 284 g/mol. The van der Waals surface area contributed by atoms with Crippen LogP contribution in [0.5, 0.6) is 0 Å². The van der Waals surface area contributed by atoms with Crippen LogP contribution in [0.3, 0.4) is 0 Å². The number of aryl methyl sites for hydroxylation is 1. The molecule has 1 aromatic carbocycles. The molecule has 23 heavy (non-hydrogen) atoms. The van der Waals surface area contributed by atoms with E-state index in [2.05, 4.69) is 68.8 Å². The molecule has 2 aromatic rings. The van der Waals surface area contributed by atoms with Crippen LogP contribution in [0, 0.1) is 33.6 Å². The summed E-state index contributed by atoms with van der Waals surface area (Å²) in [7, 11) is 0. The number of benzene rings is 1. The van der Waals surface area contributed by atoms with Gasteiger partial charge in [-0.25, -0.2) is 0 Å². The number of amides is 1. The van der Waals surface area contributed by atoms with Crippen LogP contribution >= 0.6 is 0 Å². The van der Waals surface area contributed by atoms with Gasteiger partial charge in [0.15, 0.2) is 0 Å². The minimum absolute atomic E-state index is 0.0273. The van der Waals surface area contributed by atoms with Gasteiger partial charge in [-0.3, -0.25) is 4.79 Å². The van der Waals surface area contributed by atoms with E-state index in [-0.39, 0.29) is 5.91 Å². The summed E-state index contributed by atoms with van der Waals surface area (Å²) in [5, 5.41) is 3.06. The fourth-order valence-corrected chi connectivity index (χ4v) is 2.77. The number of carbonyl (C=O) groups excluding carboxylic acids is 1. The van der Waals surface area contributed by atoms with Gasteiger partial charge in [0.1, 0.15) is 5.69 Å². The summed E-state index contributed by atoms with van der Waals surface area (Å²) in [4.78, 5) is 12.7. The minimum Gasteiger partial charge on any atom is -0.350 e. The molecule has 124 valence electrons. The van der Waals surface area contributed by atoms with Gasteiger partial charge in [0.25, 0.3) is 5.91 Å². The van der Waals surface area contributed by atoms with E-state index >= 15 is 0 Å². The molecule has 0 aliphatic carbocycles. The van der Waals surface area contributed by atoms with E-state index in [1.54, 1.807) is 0 Å². The Bertz CT molecular complexity index is 693. The highest BCUT2D eigenvalue weighted by atomic mass is 16.1. The van der Waals surface area contributed by atoms with E-state index in [0.29, 0.717) is 12.5 Å². The fraction of sp³-hybridized carbons (Fsp3) is 0.450. The van der Waals surface area contributed by atoms with Crippen molar-refractivity contribution in [2.24, 2.45) is 5.92 Å². The third kappa shape index (κ3) is 3.84. The Morgan fingerprint density at radius 3 is 2.22 bits per heavy atom. The van der Waals surface area contributed by atoms with Crippen LogP contribution in [-0.4, -0.2) is 17.0 Å². The molecule has 0 spiro atoms. The Hall–Kier alpha value is -2.03. The first-order valence-electron chi connectivity index (χ1n) is 8.31. The van der Waals surface area contributed by atoms with Crippen LogP contribution < -0.4 is 5.32 Å². The second-order valence-electron chi connectivity index (χ2n) is 6.86. The molecule has 0 saturated heterocycles. The lowest BCUT2D eigenvalue weighted by molar-refractivity contribution is 0.0939. The van der Waals surface area contributed by atoms with E-state index < -0.39 is 0 Å². The number of nitrogens with zero attached hydrogens (tertiary/aromatic N) is 1. The van der Waals surface area contributed by atoms with Gasteiger partial charge >= 0.3 is 0 Å². The third-order valence-electron chi connectivity index (χ3n) is 4.48. The largest absolute Gasteiger partial charge is 0.350 e. The fourth-order valence-electron chi connectivity index (χ4n) is 2.77. The van der Waals surface area contributed by atoms with Gasteiger partial charge in [-0.15, -0.1) is 0 Å². The summed E-state index contributed by atoms with van der Waals surface area (Å²) in [6.45, 7) is 14.0. The summed E-state index contributed by atoms with van der Waals surface area (Å²) in [5.74, 6) is 0.474. The molecule has 0 bridgehead atoms. The molecule has 3 heteroatoms. The van der Waals surface area contributed by atoms with Crippen molar-refractivity contribution in [2.45, 2.75) is 48.1 Å². The van der Waals surface area contributed by atoms with Crippen molar-refractivity contribution in [3.63, 3.8) is 0 Å². The predicted molar refractivity (Wildman–Crippen MR) is 96.1 cm³/mol. The van der Waals surface area contributed by atoms with Crippen molar-refractivity contribution in [1.29, 1.82) is 0 Å². The van der Waals surface area contributed by atoms with Gasteiger partial charge in [-0.05, 0) is 50.3 Å². The normalized spacial score (nSPS) is 11.1. The van der Waals surface area contributed by atoms with Crippen molar-refractivity contribution in [3.05, 3.63) is 57.9 Å². The number of hydrogen-bond donors (Lipinski definition) is 1. The number of aromatic nitrogens is 1. The lowest BCUT2D eigenvalue weighted by Crippen LogP contribution is -2.30. The minimum atomic E-state index is 0.0273. The molecule has 1 N–H and O–H groups in total. The second-order valence-corrected chi connectivity index (χ2v) is 6.86. The maximum atomic E-state index is 12.7. The third-order valence-corrected chi connectivity index (χ3v) is 4.48. The van der Waals surface area contributed by atoms with E-state index in [1.807, 2.05) is 6.92 Å². The second kappa shape index (κ2) is 7.03. The first-order valence-corrected chi connectivity index (χ1v) is 8.31. The molecular formula is C20H28N2O. The van der Waals surface area contributed by atoms with E-state index in [9.17, 15) is 4.79 Å². The van der Waals surface area contributed by atoms with E-state index in [4.69, 9.17) is 0 Å². The smallest absolute Gasteiger partial charge is 0.268 e. The molecule has 3 nitrogen and oxygen atoms in total. The zero-order valence-electron chi connectivity index (χ0n) is 15.2. The summed E-state index contributed by atoms with van der Waals surface area (Å²) in [6.07, 6.45) is 0. The number of rotatable bonds is 5. The molecule has 0 radical (unpaired) electrons. The van der Waals surface area contributed by atoms with Gasteiger partial charge in [-0.2, -0.15) is 0 Å². The van der Waals surface area contributed by atoms with Crippen molar-refractivity contribution < 1.29 is 4.79 Å². The topological polar surface area (TPSA) is 34.0 Å². The Balaban J connectivity index is 2.36. The molecule has 0 aliphatic rings. The van der Waals surface area contributed by atoms with Gasteiger partial charge in [0, 0.05) is 18.8 Å². The summed E-state index contributed by atoms with van der Waals surface area (Å²) in [6, 6.07) is 8.50. The van der Waals surface area contributed by atoms with E-state index in [0.717, 1.165) is 23.5 Å². The molecule has 0 saturated carbocycles. The Labute approximate surface area is 139 Å². The van der Waals surface area contributed by atoms with E-state index in [1.165, 1.54) is 16.7 Å². The molecule has 2 rings (SSSR count). The molecule has 1 amide bonds. The highest BCUT2D eigenvalue weighted by Crippen LogP contribution is 2.23. The Morgan fingerprint density at radius 2 is 1.65 bits per heavy atom. The molecule has 1 aromatic heterocycles. The van der Waals surface area contributed by atoms with Crippen LogP contribution in [0.15, 0.2) is 24.3 Å². The van der Waals surface area contributed by atoms with Crippen LogP contribution in [0.4, 0.5) is 0 Å². The Morgan fingerprint density at radius 1 is 1.04 bits per heavy atom. The van der Waals surface area contributed by atoms with Crippen molar-refractivity contribution in [2.75, 3.05) is 6.54 Å². The molecule has 0 fully saturated rings. The maximum Gasteiger partial charge on any atom is 0.268 e. The van der Waals surface area contributed by atoms with Gasteiger partial charge in [-0.1, -0.05) is 43.7 Å². The average molecular weight is 312 g/mol. The summed E-state index contributed by atoms with van der Waals surface area (Å²) in [5.41, 5.74) is 6.70. The van der Waals surface area contributed by atoms with Crippen LogP contribution in [-0.2, 0) is 6.54 Å². The van der Waals surface area contributed by atoms with Crippen LogP contribution in [0.25, 0.3) is 0 Å². The maximum absolute atomic E-state index is 12.7. The standard InChI is InChI=1S/C20H28N2O/c1-13(2)11-21-20(23)19-16(5)15(4)17(6)22(19)12-18-9-7-14(3)8-10-18/h7-10,13H,11-12H2,1-6H3,(H,21,23). The SMILES string of the molecule is Cc1ccc(Cn2c(C)c(C)c(C)c2C(=O)NCC(C)C)cc1. The molecule has 0 atom stereocenters. The van der Waals surface area contributed by atoms with Gasteiger partial charge in [0.2, 0.25) is 0 Å². The number of carbonyl (C=O) groups is 1. The Kier molecular flexibility index (Phi) is 5.30. The van der Waals surface area contributed by atoms with Crippen molar-refractivity contribution in [1.82, 2.24) is 9.88 Å².